The van der Waals surface area contributed by atoms with Gasteiger partial charge in [0.25, 0.3) is 0 Å². The van der Waals surface area contributed by atoms with Crippen molar-refractivity contribution in [2.75, 3.05) is 9.80 Å². The van der Waals surface area contributed by atoms with Gasteiger partial charge < -0.3 is 14.2 Å². The summed E-state index contributed by atoms with van der Waals surface area (Å²) in [6.45, 7) is 9.29. The van der Waals surface area contributed by atoms with Crippen LogP contribution in [0, 0.1) is 0 Å². The van der Waals surface area contributed by atoms with Crippen LogP contribution in [0.1, 0.15) is 49.9 Å². The second kappa shape index (κ2) is 9.12. The smallest absolute Gasteiger partial charge is 0.137 e. The highest BCUT2D eigenvalue weighted by Gasteiger charge is 2.38. The van der Waals surface area contributed by atoms with E-state index in [2.05, 4.69) is 171 Å². The SMILES string of the molecule is CC1(C)c2ccccc2N(c2ccc3c(c2)oc2cc(N4c5ccccc5C(C)(C)c5ccccc54)ccc23)c2ccccc21. The Morgan fingerprint density at radius 2 is 0.711 bits per heavy atom. The zero-order valence-electron chi connectivity index (χ0n) is 26.0. The maximum atomic E-state index is 6.70. The van der Waals surface area contributed by atoms with Crippen molar-refractivity contribution in [2.45, 2.75) is 38.5 Å². The van der Waals surface area contributed by atoms with Gasteiger partial charge in [-0.05, 0) is 70.8 Å². The standard InChI is InChI=1S/C42H34N2O/c1-41(2)31-13-5-9-17-35(31)43(36-18-10-6-14-32(36)41)27-21-23-29-30-24-22-28(26-40(30)45-39(29)25-27)44-37-19-11-7-15-33(37)42(3,4)34-16-8-12-20-38(34)44/h5-26H,1-4H3. The van der Waals surface area contributed by atoms with Crippen LogP contribution in [0.3, 0.4) is 0 Å². The van der Waals surface area contributed by atoms with Gasteiger partial charge in [-0.3, -0.25) is 0 Å². The van der Waals surface area contributed by atoms with Crippen LogP contribution in [0.15, 0.2) is 138 Å². The van der Waals surface area contributed by atoms with Crippen molar-refractivity contribution in [2.24, 2.45) is 0 Å². The van der Waals surface area contributed by atoms with E-state index in [4.69, 9.17) is 4.42 Å². The summed E-state index contributed by atoms with van der Waals surface area (Å²) < 4.78 is 6.70. The topological polar surface area (TPSA) is 19.6 Å². The van der Waals surface area contributed by atoms with Crippen LogP contribution in [-0.4, -0.2) is 0 Å². The molecule has 3 nitrogen and oxygen atoms in total. The predicted molar refractivity (Wildman–Crippen MR) is 187 cm³/mol. The van der Waals surface area contributed by atoms with Crippen LogP contribution >= 0.6 is 0 Å². The van der Waals surface area contributed by atoms with Crippen LogP contribution in [0.2, 0.25) is 0 Å². The molecule has 2 aliphatic rings. The van der Waals surface area contributed by atoms with Crippen molar-refractivity contribution in [3.05, 3.63) is 156 Å². The summed E-state index contributed by atoms with van der Waals surface area (Å²) in [7, 11) is 0. The van der Waals surface area contributed by atoms with E-state index in [0.717, 1.165) is 33.3 Å². The van der Waals surface area contributed by atoms with E-state index < -0.39 is 0 Å². The van der Waals surface area contributed by atoms with Crippen molar-refractivity contribution in [1.82, 2.24) is 0 Å². The molecule has 0 atom stereocenters. The Morgan fingerprint density at radius 3 is 1.04 bits per heavy atom. The lowest BCUT2D eigenvalue weighted by molar-refractivity contribution is 0.632. The molecule has 218 valence electrons. The Kier molecular flexibility index (Phi) is 5.30. The fraction of sp³-hybridized carbons (Fsp3) is 0.143. The third-order valence-corrected chi connectivity index (χ3v) is 10.2. The van der Waals surface area contributed by atoms with Gasteiger partial charge in [-0.25, -0.2) is 0 Å². The summed E-state index contributed by atoms with van der Waals surface area (Å²) in [5, 5.41) is 2.25. The monoisotopic (exact) mass is 582 g/mol. The van der Waals surface area contributed by atoms with E-state index in [0.29, 0.717) is 0 Å². The van der Waals surface area contributed by atoms with Gasteiger partial charge in [0.05, 0.1) is 22.7 Å². The molecule has 45 heavy (non-hydrogen) atoms. The zero-order chi connectivity index (χ0) is 30.5. The predicted octanol–water partition coefficient (Wildman–Crippen LogP) is 11.8. The first-order valence-electron chi connectivity index (χ1n) is 15.8. The zero-order valence-corrected chi connectivity index (χ0v) is 26.0. The summed E-state index contributed by atoms with van der Waals surface area (Å²) in [6.07, 6.45) is 0. The molecular formula is C42H34N2O. The maximum absolute atomic E-state index is 6.70. The fourth-order valence-electron chi connectivity index (χ4n) is 7.93. The van der Waals surface area contributed by atoms with Gasteiger partial charge in [-0.1, -0.05) is 100 Å². The molecule has 3 heterocycles. The van der Waals surface area contributed by atoms with Crippen molar-refractivity contribution in [3.8, 4) is 0 Å². The molecule has 0 radical (unpaired) electrons. The van der Waals surface area contributed by atoms with Crippen LogP contribution in [0.25, 0.3) is 21.9 Å². The number of nitrogens with zero attached hydrogens (tertiary/aromatic N) is 2. The first-order valence-corrected chi connectivity index (χ1v) is 15.8. The van der Waals surface area contributed by atoms with E-state index in [1.165, 1.54) is 45.0 Å². The van der Waals surface area contributed by atoms with Crippen molar-refractivity contribution in [3.63, 3.8) is 0 Å². The molecule has 7 aromatic rings. The molecule has 0 aliphatic carbocycles. The maximum Gasteiger partial charge on any atom is 0.137 e. The van der Waals surface area contributed by atoms with Gasteiger partial charge in [-0.2, -0.15) is 0 Å². The fourth-order valence-corrected chi connectivity index (χ4v) is 7.93. The Hall–Kier alpha value is -5.28. The Balaban J connectivity index is 1.20. The van der Waals surface area contributed by atoms with E-state index in [9.17, 15) is 0 Å². The molecule has 0 bridgehead atoms. The van der Waals surface area contributed by atoms with Gasteiger partial charge in [0.2, 0.25) is 0 Å². The lowest BCUT2D eigenvalue weighted by Gasteiger charge is -2.42. The molecule has 0 N–H and O–H groups in total. The highest BCUT2D eigenvalue weighted by atomic mass is 16.3. The number of benzene rings is 6. The second-order valence-corrected chi connectivity index (χ2v) is 13.5. The van der Waals surface area contributed by atoms with E-state index in [1.54, 1.807) is 0 Å². The van der Waals surface area contributed by atoms with Gasteiger partial charge in [0.1, 0.15) is 11.2 Å². The van der Waals surface area contributed by atoms with Crippen LogP contribution in [0.4, 0.5) is 34.1 Å². The molecule has 3 heteroatoms. The third-order valence-electron chi connectivity index (χ3n) is 10.2. The largest absolute Gasteiger partial charge is 0.456 e. The summed E-state index contributed by atoms with van der Waals surface area (Å²) >= 11 is 0. The van der Waals surface area contributed by atoms with E-state index in [-0.39, 0.29) is 10.8 Å². The number of fused-ring (bicyclic) bond motifs is 7. The third kappa shape index (κ3) is 3.58. The van der Waals surface area contributed by atoms with E-state index >= 15 is 0 Å². The normalized spacial score (nSPS) is 15.8. The number of hydrogen-bond donors (Lipinski definition) is 0. The van der Waals surface area contributed by atoms with Crippen molar-refractivity contribution < 1.29 is 4.42 Å². The molecule has 0 saturated heterocycles. The molecule has 9 rings (SSSR count). The number of anilines is 6. The van der Waals surface area contributed by atoms with Crippen LogP contribution in [-0.2, 0) is 10.8 Å². The Morgan fingerprint density at radius 1 is 0.400 bits per heavy atom. The molecule has 6 aromatic carbocycles. The lowest BCUT2D eigenvalue weighted by atomic mass is 9.73. The average Bonchev–Trinajstić information content (AvgIpc) is 3.42. The highest BCUT2D eigenvalue weighted by molar-refractivity contribution is 6.07. The average molecular weight is 583 g/mol. The van der Waals surface area contributed by atoms with Gasteiger partial charge in [0.15, 0.2) is 0 Å². The number of hydrogen-bond acceptors (Lipinski definition) is 3. The highest BCUT2D eigenvalue weighted by Crippen LogP contribution is 2.54. The van der Waals surface area contributed by atoms with Crippen LogP contribution < -0.4 is 9.80 Å². The molecule has 0 unspecified atom stereocenters. The quantitative estimate of drug-likeness (QED) is 0.202. The molecular weight excluding hydrogens is 548 g/mol. The molecule has 0 saturated carbocycles. The van der Waals surface area contributed by atoms with Gasteiger partial charge >= 0.3 is 0 Å². The second-order valence-electron chi connectivity index (χ2n) is 13.5. The van der Waals surface area contributed by atoms with Crippen molar-refractivity contribution in [1.29, 1.82) is 0 Å². The van der Waals surface area contributed by atoms with Gasteiger partial charge in [-0.15, -0.1) is 0 Å². The summed E-state index contributed by atoms with van der Waals surface area (Å²) in [5.41, 5.74) is 13.9. The summed E-state index contributed by atoms with van der Waals surface area (Å²) in [5.74, 6) is 0. The molecule has 0 amide bonds. The molecule has 0 spiro atoms. The number of rotatable bonds is 2. The van der Waals surface area contributed by atoms with Gasteiger partial charge in [0, 0.05) is 45.1 Å². The minimum absolute atomic E-state index is 0.0928. The Bertz CT molecular complexity index is 2050. The number of para-hydroxylation sites is 4. The minimum atomic E-state index is -0.0928. The molecule has 0 fully saturated rings. The van der Waals surface area contributed by atoms with E-state index in [1.807, 2.05) is 0 Å². The summed E-state index contributed by atoms with van der Waals surface area (Å²) in [4.78, 5) is 4.77. The molecule has 2 aliphatic heterocycles. The first kappa shape index (κ1) is 26.2. The number of furan rings is 1. The Labute approximate surface area is 264 Å². The van der Waals surface area contributed by atoms with Crippen LogP contribution in [0.5, 0.6) is 0 Å². The lowest BCUT2D eigenvalue weighted by Crippen LogP contribution is -2.30. The molecule has 1 aromatic heterocycles. The van der Waals surface area contributed by atoms with Crippen molar-refractivity contribution >= 4 is 56.1 Å². The summed E-state index contributed by atoms with van der Waals surface area (Å²) in [6, 6.07) is 48.4. The first-order chi connectivity index (χ1) is 21.8. The minimum Gasteiger partial charge on any atom is -0.456 e.